The Labute approximate surface area is 130 Å². The van der Waals surface area contributed by atoms with E-state index in [0.29, 0.717) is 22.4 Å². The summed E-state index contributed by atoms with van der Waals surface area (Å²) in [6.45, 7) is 0. The van der Waals surface area contributed by atoms with Gasteiger partial charge in [-0.1, -0.05) is 0 Å². The lowest BCUT2D eigenvalue weighted by Crippen LogP contribution is -2.24. The molecular weight excluding hydrogens is 300 g/mol. The smallest absolute Gasteiger partial charge is 0.287 e. The van der Waals surface area contributed by atoms with Crippen molar-refractivity contribution in [2.75, 3.05) is 21.3 Å². The van der Waals surface area contributed by atoms with E-state index in [1.165, 1.54) is 21.3 Å². The lowest BCUT2D eigenvalue weighted by atomic mass is 10.1. The van der Waals surface area contributed by atoms with Crippen molar-refractivity contribution in [2.45, 2.75) is 0 Å². The maximum Gasteiger partial charge on any atom is 0.287 e. The number of benzene rings is 1. The number of ether oxygens (including phenoxy) is 2. The molecule has 0 atom stereocenters. The first-order valence-electron chi connectivity index (χ1n) is 6.76. The van der Waals surface area contributed by atoms with Crippen LogP contribution in [0.15, 0.2) is 23.0 Å². The largest absolute Gasteiger partial charge is 0.493 e. The number of hydrogen-bond donors (Lipinski definition) is 2. The Morgan fingerprint density at radius 2 is 1.83 bits per heavy atom. The molecule has 0 aliphatic heterocycles. The first-order valence-corrected chi connectivity index (χ1v) is 6.76. The van der Waals surface area contributed by atoms with Gasteiger partial charge in [-0.2, -0.15) is 0 Å². The third kappa shape index (κ3) is 2.44. The second-order valence-corrected chi connectivity index (χ2v) is 4.75. The molecule has 0 radical (unpaired) electrons. The minimum atomic E-state index is -0.488. The van der Waals surface area contributed by atoms with Gasteiger partial charge in [0.05, 0.1) is 25.1 Å². The van der Waals surface area contributed by atoms with Gasteiger partial charge in [0, 0.05) is 18.5 Å². The zero-order chi connectivity index (χ0) is 16.6. The highest BCUT2D eigenvalue weighted by Gasteiger charge is 2.13. The topological polar surface area (TPSA) is 106 Å². The van der Waals surface area contributed by atoms with E-state index in [2.05, 4.69) is 20.3 Å². The fourth-order valence-electron chi connectivity index (χ4n) is 2.28. The maximum atomic E-state index is 12.2. The number of aromatic nitrogens is 3. The molecule has 0 fully saturated rings. The predicted octanol–water partition coefficient (Wildman–Crippen LogP) is 0.848. The minimum Gasteiger partial charge on any atom is -0.493 e. The molecule has 3 rings (SSSR count). The van der Waals surface area contributed by atoms with Gasteiger partial charge in [0.25, 0.3) is 11.5 Å². The van der Waals surface area contributed by atoms with Gasteiger partial charge in [0.1, 0.15) is 0 Å². The van der Waals surface area contributed by atoms with E-state index in [4.69, 9.17) is 9.47 Å². The number of carbonyl (C=O) groups is 1. The summed E-state index contributed by atoms with van der Waals surface area (Å²) in [5.74, 6) is 0.478. The molecule has 8 nitrogen and oxygen atoms in total. The van der Waals surface area contributed by atoms with Crippen molar-refractivity contribution in [1.82, 2.24) is 20.3 Å². The molecular formula is C15H14N4O4. The van der Waals surface area contributed by atoms with E-state index in [9.17, 15) is 9.59 Å². The Kier molecular flexibility index (Phi) is 3.57. The number of carbonyl (C=O) groups excluding carboxylic acids is 1. The van der Waals surface area contributed by atoms with Crippen LogP contribution in [0.5, 0.6) is 11.5 Å². The third-order valence-corrected chi connectivity index (χ3v) is 3.44. The maximum absolute atomic E-state index is 12.2. The number of nitrogens with one attached hydrogen (secondary N) is 2. The van der Waals surface area contributed by atoms with Crippen LogP contribution in [0.2, 0.25) is 0 Å². The average molecular weight is 314 g/mol. The molecule has 8 heteroatoms. The molecule has 2 aromatic heterocycles. The Morgan fingerprint density at radius 1 is 1.13 bits per heavy atom. The monoisotopic (exact) mass is 314 g/mol. The summed E-state index contributed by atoms with van der Waals surface area (Å²) in [4.78, 5) is 34.7. The van der Waals surface area contributed by atoms with Crippen LogP contribution in [0.25, 0.3) is 21.9 Å². The second kappa shape index (κ2) is 5.56. The van der Waals surface area contributed by atoms with Crippen LogP contribution in [0.3, 0.4) is 0 Å². The number of aromatic amines is 1. The van der Waals surface area contributed by atoms with Gasteiger partial charge in [-0.15, -0.1) is 0 Å². The van der Waals surface area contributed by atoms with Crippen LogP contribution in [0.1, 0.15) is 10.6 Å². The molecule has 1 amide bonds. The van der Waals surface area contributed by atoms with E-state index >= 15 is 0 Å². The average Bonchev–Trinajstić information content (AvgIpc) is 2.58. The highest BCUT2D eigenvalue weighted by atomic mass is 16.5. The van der Waals surface area contributed by atoms with Crippen molar-refractivity contribution in [3.8, 4) is 11.5 Å². The van der Waals surface area contributed by atoms with Gasteiger partial charge in [-0.05, 0) is 12.1 Å². The number of hydrogen-bond acceptors (Lipinski definition) is 6. The van der Waals surface area contributed by atoms with Gasteiger partial charge in [0.2, 0.25) is 5.82 Å². The Hall–Kier alpha value is -3.16. The van der Waals surface area contributed by atoms with Crippen molar-refractivity contribution in [1.29, 1.82) is 0 Å². The molecule has 0 unspecified atom stereocenters. The van der Waals surface area contributed by atoms with Crippen LogP contribution in [0, 0.1) is 0 Å². The highest BCUT2D eigenvalue weighted by molar-refractivity contribution is 5.95. The van der Waals surface area contributed by atoms with Crippen molar-refractivity contribution in [2.24, 2.45) is 0 Å². The number of H-pyrrole nitrogens is 1. The summed E-state index contributed by atoms with van der Waals surface area (Å²) in [5, 5.41) is 3.40. The molecule has 23 heavy (non-hydrogen) atoms. The number of methoxy groups -OCH3 is 2. The van der Waals surface area contributed by atoms with Crippen molar-refractivity contribution < 1.29 is 14.3 Å². The second-order valence-electron chi connectivity index (χ2n) is 4.75. The lowest BCUT2D eigenvalue weighted by Gasteiger charge is -2.09. The summed E-state index contributed by atoms with van der Waals surface area (Å²) in [6.07, 6.45) is 0. The summed E-state index contributed by atoms with van der Waals surface area (Å²) in [6, 6.07) is 5.07. The summed E-state index contributed by atoms with van der Waals surface area (Å²) in [5.41, 5.74) is 0.334. The predicted molar refractivity (Wildman–Crippen MR) is 84.2 cm³/mol. The molecule has 2 heterocycles. The van der Waals surface area contributed by atoms with E-state index in [1.807, 2.05) is 0 Å². The van der Waals surface area contributed by atoms with Crippen molar-refractivity contribution in [3.05, 3.63) is 34.4 Å². The zero-order valence-corrected chi connectivity index (χ0v) is 12.8. The molecule has 2 N–H and O–H groups in total. The molecule has 0 saturated heterocycles. The zero-order valence-electron chi connectivity index (χ0n) is 12.8. The molecule has 118 valence electrons. The summed E-state index contributed by atoms with van der Waals surface area (Å²) in [7, 11) is 4.51. The number of fused-ring (bicyclic) bond motifs is 2. The molecule has 0 aliphatic rings. The highest BCUT2D eigenvalue weighted by Crippen LogP contribution is 2.32. The first-order chi connectivity index (χ1) is 11.1. The van der Waals surface area contributed by atoms with Crippen molar-refractivity contribution >= 4 is 27.8 Å². The molecule has 0 saturated carbocycles. The Bertz CT molecular complexity index is 981. The SMILES string of the molecule is CNC(=O)c1nc2nc3cc(OC)c(OC)cc3cc2c(=O)[nH]1. The van der Waals surface area contributed by atoms with Gasteiger partial charge >= 0.3 is 0 Å². The summed E-state index contributed by atoms with van der Waals surface area (Å²) >= 11 is 0. The third-order valence-electron chi connectivity index (χ3n) is 3.44. The van der Waals surface area contributed by atoms with E-state index in [0.717, 1.165) is 0 Å². The molecule has 0 bridgehead atoms. The Morgan fingerprint density at radius 3 is 2.48 bits per heavy atom. The number of rotatable bonds is 3. The normalized spacial score (nSPS) is 10.7. The van der Waals surface area contributed by atoms with Crippen molar-refractivity contribution in [3.63, 3.8) is 0 Å². The summed E-state index contributed by atoms with van der Waals surface area (Å²) < 4.78 is 10.5. The van der Waals surface area contributed by atoms with Crippen LogP contribution in [-0.4, -0.2) is 42.1 Å². The van der Waals surface area contributed by atoms with Gasteiger partial charge < -0.3 is 19.8 Å². The van der Waals surface area contributed by atoms with Gasteiger partial charge in [-0.25, -0.2) is 9.97 Å². The minimum absolute atomic E-state index is 0.0858. The molecule has 0 spiro atoms. The molecule has 3 aromatic rings. The van der Waals surface area contributed by atoms with Crippen LogP contribution < -0.4 is 20.3 Å². The van der Waals surface area contributed by atoms with Gasteiger partial charge in [0.15, 0.2) is 17.1 Å². The Balaban J connectivity index is 2.33. The fraction of sp³-hybridized carbons (Fsp3) is 0.200. The lowest BCUT2D eigenvalue weighted by molar-refractivity contribution is 0.0953. The van der Waals surface area contributed by atoms with Gasteiger partial charge in [-0.3, -0.25) is 9.59 Å². The first kappa shape index (κ1) is 14.8. The number of nitrogens with zero attached hydrogens (tertiary/aromatic N) is 2. The quantitative estimate of drug-likeness (QED) is 0.694. The molecule has 1 aromatic carbocycles. The van der Waals surface area contributed by atoms with Crippen LogP contribution in [-0.2, 0) is 0 Å². The standard InChI is InChI=1S/C15H14N4O4/c1-16-15(21)13-18-12-8(14(20)19-13)4-7-5-10(22-2)11(23-3)6-9(7)17-12/h4-6H,1-3H3,(H,16,21)(H,17,18,19,20). The molecule has 0 aliphatic carbocycles. The van der Waals surface area contributed by atoms with E-state index < -0.39 is 11.5 Å². The van der Waals surface area contributed by atoms with E-state index in [1.54, 1.807) is 18.2 Å². The number of pyridine rings is 1. The fourth-order valence-corrected chi connectivity index (χ4v) is 2.28. The van der Waals surface area contributed by atoms with Crippen LogP contribution >= 0.6 is 0 Å². The number of amides is 1. The van der Waals surface area contributed by atoms with E-state index in [-0.39, 0.29) is 16.9 Å². The van der Waals surface area contributed by atoms with Crippen LogP contribution in [0.4, 0.5) is 0 Å².